The minimum absolute atomic E-state index is 0.0410. The Labute approximate surface area is 195 Å². The highest BCUT2D eigenvalue weighted by Gasteiger charge is 2.60. The summed E-state index contributed by atoms with van der Waals surface area (Å²) in [4.78, 5) is 0. The van der Waals surface area contributed by atoms with Gasteiger partial charge in [0.15, 0.2) is 0 Å². The van der Waals surface area contributed by atoms with Crippen molar-refractivity contribution in [1.82, 2.24) is 0 Å². The summed E-state index contributed by atoms with van der Waals surface area (Å²) in [6.45, 7) is 7.68. The Kier molecular flexibility index (Phi) is 6.23. The molecule has 9 atom stereocenters. The molecule has 4 saturated carbocycles. The lowest BCUT2D eigenvalue weighted by Gasteiger charge is -2.61. The van der Waals surface area contributed by atoms with Crippen LogP contribution in [0.5, 0.6) is 0 Å². The van der Waals surface area contributed by atoms with Crippen LogP contribution in [0.3, 0.4) is 0 Å². The molecule has 1 aromatic rings. The van der Waals surface area contributed by atoms with Crippen molar-refractivity contribution in [2.24, 2.45) is 46.3 Å². The van der Waals surface area contributed by atoms with Crippen molar-refractivity contribution in [1.29, 1.82) is 0 Å². The Morgan fingerprint density at radius 1 is 0.938 bits per heavy atom. The van der Waals surface area contributed by atoms with Crippen LogP contribution in [-0.2, 0) is 6.42 Å². The van der Waals surface area contributed by atoms with Crippen LogP contribution in [0.2, 0.25) is 0 Å². The predicted molar refractivity (Wildman–Crippen MR) is 130 cm³/mol. The molecule has 32 heavy (non-hydrogen) atoms. The molecule has 4 aliphatic carbocycles. The molecular weight excluding hydrogens is 395 g/mol. The van der Waals surface area contributed by atoms with Gasteiger partial charge in [0.05, 0.1) is 6.10 Å². The topological polar surface area (TPSA) is 20.2 Å². The van der Waals surface area contributed by atoms with E-state index in [0.717, 1.165) is 54.8 Å². The minimum atomic E-state index is -0.125. The number of rotatable bonds is 5. The predicted octanol–water partition coefficient (Wildman–Crippen LogP) is 7.80. The van der Waals surface area contributed by atoms with Gasteiger partial charge in [-0.25, -0.2) is 4.39 Å². The Balaban J connectivity index is 1.30. The summed E-state index contributed by atoms with van der Waals surface area (Å²) < 4.78 is 13.3. The first-order valence-corrected chi connectivity index (χ1v) is 13.8. The molecule has 0 spiro atoms. The van der Waals surface area contributed by atoms with Gasteiger partial charge in [0, 0.05) is 0 Å². The van der Waals surface area contributed by atoms with Crippen LogP contribution in [0, 0.1) is 52.2 Å². The lowest BCUT2D eigenvalue weighted by molar-refractivity contribution is -0.129. The zero-order chi connectivity index (χ0) is 22.5. The van der Waals surface area contributed by atoms with E-state index in [1.165, 1.54) is 63.4 Å². The first-order valence-electron chi connectivity index (χ1n) is 13.8. The number of aryl methyl sites for hydroxylation is 1. The maximum Gasteiger partial charge on any atom is 0.123 e. The Bertz CT molecular complexity index is 789. The summed E-state index contributed by atoms with van der Waals surface area (Å²) in [5.74, 6) is 5.01. The molecule has 178 valence electrons. The van der Waals surface area contributed by atoms with Gasteiger partial charge in [-0.1, -0.05) is 39.3 Å². The van der Waals surface area contributed by atoms with Gasteiger partial charge in [-0.3, -0.25) is 0 Å². The maximum atomic E-state index is 13.3. The molecule has 0 aromatic heterocycles. The second kappa shape index (κ2) is 8.71. The summed E-state index contributed by atoms with van der Waals surface area (Å²) in [5.41, 5.74) is 2.29. The average Bonchev–Trinajstić information content (AvgIpc) is 3.13. The van der Waals surface area contributed by atoms with Crippen molar-refractivity contribution in [3.8, 4) is 0 Å². The van der Waals surface area contributed by atoms with Crippen molar-refractivity contribution in [3.63, 3.8) is 0 Å². The van der Waals surface area contributed by atoms with Gasteiger partial charge in [-0.2, -0.15) is 0 Å². The summed E-state index contributed by atoms with van der Waals surface area (Å²) in [5, 5.41) is 10.3. The molecule has 0 heterocycles. The monoisotopic (exact) mass is 440 g/mol. The molecule has 0 aliphatic heterocycles. The first-order chi connectivity index (χ1) is 15.3. The van der Waals surface area contributed by atoms with Gasteiger partial charge >= 0.3 is 0 Å². The lowest BCUT2D eigenvalue weighted by atomic mass is 9.44. The fraction of sp³-hybridized carbons (Fsp3) is 0.800. The fourth-order valence-electron chi connectivity index (χ4n) is 9.74. The van der Waals surface area contributed by atoms with Crippen LogP contribution in [0.15, 0.2) is 24.3 Å². The van der Waals surface area contributed by atoms with Gasteiger partial charge in [0.25, 0.3) is 0 Å². The van der Waals surface area contributed by atoms with E-state index in [1.807, 2.05) is 12.1 Å². The van der Waals surface area contributed by atoms with Crippen molar-refractivity contribution in [2.45, 2.75) is 104 Å². The van der Waals surface area contributed by atoms with E-state index in [-0.39, 0.29) is 11.9 Å². The van der Waals surface area contributed by atoms with Crippen LogP contribution in [0.1, 0.15) is 97.0 Å². The standard InChI is InChI=1S/C30H45FO/c1-4-21(8-5-20-6-10-23(31)11-7-20)26-13-14-27-25-12-9-22-19-24(32)15-17-29(22,2)28(25)16-18-30(26,27)3/h6-7,10-11,21-22,24-28,32H,4-5,8-9,12-19H2,1-3H3/t21-,22?,24?,25-,26?,27?,28?,29?,30?/m0/s1. The van der Waals surface area contributed by atoms with E-state index in [2.05, 4.69) is 20.8 Å². The van der Waals surface area contributed by atoms with Crippen LogP contribution < -0.4 is 0 Å². The largest absolute Gasteiger partial charge is 0.393 e. The molecule has 5 rings (SSSR count). The number of benzene rings is 1. The van der Waals surface area contributed by atoms with E-state index in [1.54, 1.807) is 12.1 Å². The summed E-state index contributed by atoms with van der Waals surface area (Å²) >= 11 is 0. The Morgan fingerprint density at radius 2 is 1.66 bits per heavy atom. The van der Waals surface area contributed by atoms with E-state index < -0.39 is 0 Å². The normalized spacial score (nSPS) is 44.4. The van der Waals surface area contributed by atoms with Gasteiger partial charge in [0.1, 0.15) is 5.82 Å². The lowest BCUT2D eigenvalue weighted by Crippen LogP contribution is -2.54. The molecule has 0 saturated heterocycles. The Morgan fingerprint density at radius 3 is 2.41 bits per heavy atom. The number of hydrogen-bond donors (Lipinski definition) is 1. The third-order valence-corrected chi connectivity index (χ3v) is 11.5. The zero-order valence-electron chi connectivity index (χ0n) is 20.7. The van der Waals surface area contributed by atoms with E-state index in [0.29, 0.717) is 10.8 Å². The number of aliphatic hydroxyl groups excluding tert-OH is 1. The SMILES string of the molecule is CC[C@@H](CCc1ccc(F)cc1)C1CCC2[C@@H]3CCC4CC(O)CCC4(C)C3CCC12C. The molecule has 1 N–H and O–H groups in total. The molecule has 4 fully saturated rings. The van der Waals surface area contributed by atoms with Crippen molar-refractivity contribution in [3.05, 3.63) is 35.6 Å². The van der Waals surface area contributed by atoms with Gasteiger partial charge in [-0.15, -0.1) is 0 Å². The number of aliphatic hydroxyl groups is 1. The smallest absolute Gasteiger partial charge is 0.123 e. The zero-order valence-corrected chi connectivity index (χ0v) is 20.7. The van der Waals surface area contributed by atoms with Gasteiger partial charge in [-0.05, 0) is 135 Å². The third kappa shape index (κ3) is 3.77. The molecule has 0 amide bonds. The van der Waals surface area contributed by atoms with Gasteiger partial charge < -0.3 is 5.11 Å². The van der Waals surface area contributed by atoms with E-state index in [4.69, 9.17) is 0 Å². The third-order valence-electron chi connectivity index (χ3n) is 11.5. The molecule has 1 aromatic carbocycles. The van der Waals surface area contributed by atoms with E-state index in [9.17, 15) is 9.50 Å². The van der Waals surface area contributed by atoms with Crippen LogP contribution >= 0.6 is 0 Å². The quantitative estimate of drug-likeness (QED) is 0.495. The summed E-state index contributed by atoms with van der Waals surface area (Å²) in [7, 11) is 0. The van der Waals surface area contributed by atoms with Crippen molar-refractivity contribution in [2.75, 3.05) is 0 Å². The highest BCUT2D eigenvalue weighted by atomic mass is 19.1. The average molecular weight is 441 g/mol. The molecule has 0 bridgehead atoms. The number of halogens is 1. The molecular formula is C30H45FO. The highest BCUT2D eigenvalue weighted by Crippen LogP contribution is 2.68. The molecule has 0 radical (unpaired) electrons. The van der Waals surface area contributed by atoms with Crippen LogP contribution in [-0.4, -0.2) is 11.2 Å². The maximum absolute atomic E-state index is 13.3. The molecule has 4 aliphatic rings. The fourth-order valence-corrected chi connectivity index (χ4v) is 9.74. The van der Waals surface area contributed by atoms with Crippen LogP contribution in [0.4, 0.5) is 4.39 Å². The van der Waals surface area contributed by atoms with Crippen molar-refractivity contribution < 1.29 is 9.50 Å². The Hall–Kier alpha value is -0.890. The molecule has 7 unspecified atom stereocenters. The summed E-state index contributed by atoms with van der Waals surface area (Å²) in [6, 6.07) is 7.19. The first kappa shape index (κ1) is 22.9. The second-order valence-electron chi connectivity index (χ2n) is 12.6. The van der Waals surface area contributed by atoms with Gasteiger partial charge in [0.2, 0.25) is 0 Å². The number of hydrogen-bond acceptors (Lipinski definition) is 1. The molecule has 2 heteroatoms. The molecule has 1 nitrogen and oxygen atoms in total. The highest BCUT2D eigenvalue weighted by molar-refractivity contribution is 5.16. The number of fused-ring (bicyclic) bond motifs is 5. The minimum Gasteiger partial charge on any atom is -0.393 e. The second-order valence-corrected chi connectivity index (χ2v) is 12.6. The van der Waals surface area contributed by atoms with Crippen LogP contribution in [0.25, 0.3) is 0 Å². The van der Waals surface area contributed by atoms with Crippen molar-refractivity contribution >= 4 is 0 Å². The summed E-state index contributed by atoms with van der Waals surface area (Å²) in [6.07, 6.45) is 15.4. The van der Waals surface area contributed by atoms with E-state index >= 15 is 0 Å².